The first-order chi connectivity index (χ1) is 10.0. The Bertz CT molecular complexity index is 509. The molecule has 0 heterocycles. The van der Waals surface area contributed by atoms with E-state index in [1.54, 1.807) is 7.11 Å². The molecule has 0 spiro atoms. The summed E-state index contributed by atoms with van der Waals surface area (Å²) in [7, 11) is 5.69. The SMILES string of the molecule is COc1ccc(C=CC(CCN(C)C)=NNC(N)=S)cc1. The van der Waals surface area contributed by atoms with Crippen LogP contribution in [0.3, 0.4) is 0 Å². The van der Waals surface area contributed by atoms with Gasteiger partial charge in [0, 0.05) is 13.0 Å². The minimum atomic E-state index is 0.162. The number of hydrazone groups is 1. The molecule has 0 atom stereocenters. The minimum Gasteiger partial charge on any atom is -0.497 e. The number of rotatable bonds is 7. The van der Waals surface area contributed by atoms with Crippen molar-refractivity contribution in [2.24, 2.45) is 10.8 Å². The Labute approximate surface area is 131 Å². The molecule has 0 aliphatic heterocycles. The van der Waals surface area contributed by atoms with Gasteiger partial charge in [-0.25, -0.2) is 0 Å². The maximum atomic E-state index is 5.40. The van der Waals surface area contributed by atoms with Gasteiger partial charge in [0.25, 0.3) is 0 Å². The van der Waals surface area contributed by atoms with Crippen LogP contribution in [0, 0.1) is 0 Å². The van der Waals surface area contributed by atoms with Gasteiger partial charge in [0.2, 0.25) is 0 Å². The minimum absolute atomic E-state index is 0.162. The summed E-state index contributed by atoms with van der Waals surface area (Å²) >= 11 is 4.77. The lowest BCUT2D eigenvalue weighted by atomic mass is 10.1. The Balaban J connectivity index is 2.75. The van der Waals surface area contributed by atoms with Gasteiger partial charge in [-0.1, -0.05) is 18.2 Å². The van der Waals surface area contributed by atoms with E-state index in [0.29, 0.717) is 0 Å². The zero-order chi connectivity index (χ0) is 15.7. The summed E-state index contributed by atoms with van der Waals surface area (Å²) in [5, 5.41) is 4.37. The quantitative estimate of drug-likeness (QED) is 0.457. The van der Waals surface area contributed by atoms with Gasteiger partial charge in [-0.3, -0.25) is 5.43 Å². The predicted octanol–water partition coefficient (Wildman–Crippen LogP) is 1.85. The highest BCUT2D eigenvalue weighted by Gasteiger charge is 1.98. The number of allylic oxidation sites excluding steroid dienone is 1. The van der Waals surface area contributed by atoms with Crippen molar-refractivity contribution in [3.63, 3.8) is 0 Å². The van der Waals surface area contributed by atoms with Crippen molar-refractivity contribution >= 4 is 29.1 Å². The molecule has 0 fully saturated rings. The monoisotopic (exact) mass is 306 g/mol. The molecule has 3 N–H and O–H groups in total. The standard InChI is InChI=1S/C15H22N4OS/c1-19(2)11-10-13(17-18-15(16)21)7-4-12-5-8-14(20-3)9-6-12/h4-9H,10-11H2,1-3H3,(H3,16,18,21). The highest BCUT2D eigenvalue weighted by Crippen LogP contribution is 2.12. The molecule has 1 aromatic carbocycles. The van der Waals surface area contributed by atoms with Crippen LogP contribution in [0.2, 0.25) is 0 Å². The zero-order valence-electron chi connectivity index (χ0n) is 12.7. The molecule has 0 saturated heterocycles. The molecule has 21 heavy (non-hydrogen) atoms. The number of hydrogen-bond donors (Lipinski definition) is 2. The lowest BCUT2D eigenvalue weighted by Crippen LogP contribution is -2.26. The van der Waals surface area contributed by atoms with Gasteiger partial charge in [-0.2, -0.15) is 5.10 Å². The normalized spacial score (nSPS) is 11.9. The number of benzene rings is 1. The van der Waals surface area contributed by atoms with E-state index >= 15 is 0 Å². The van der Waals surface area contributed by atoms with Crippen LogP contribution in [-0.2, 0) is 0 Å². The summed E-state index contributed by atoms with van der Waals surface area (Å²) in [6, 6.07) is 7.81. The van der Waals surface area contributed by atoms with Crippen LogP contribution >= 0.6 is 12.2 Å². The smallest absolute Gasteiger partial charge is 0.184 e. The third-order valence-corrected chi connectivity index (χ3v) is 2.80. The van der Waals surface area contributed by atoms with Crippen LogP contribution in [0.15, 0.2) is 35.4 Å². The fourth-order valence-electron chi connectivity index (χ4n) is 1.55. The van der Waals surface area contributed by atoms with Crippen LogP contribution in [0.1, 0.15) is 12.0 Å². The Kier molecular flexibility index (Phi) is 7.42. The number of nitrogens with two attached hydrogens (primary N) is 1. The average Bonchev–Trinajstić information content (AvgIpc) is 2.46. The van der Waals surface area contributed by atoms with Gasteiger partial charge < -0.3 is 15.4 Å². The van der Waals surface area contributed by atoms with Gasteiger partial charge in [-0.05, 0) is 50.1 Å². The number of nitrogens with one attached hydrogen (secondary N) is 1. The van der Waals surface area contributed by atoms with Crippen molar-refractivity contribution in [1.29, 1.82) is 0 Å². The Morgan fingerprint density at radius 3 is 2.57 bits per heavy atom. The fraction of sp³-hybridized carbons (Fsp3) is 0.333. The maximum absolute atomic E-state index is 5.40. The Morgan fingerprint density at radius 1 is 1.38 bits per heavy atom. The molecular weight excluding hydrogens is 284 g/mol. The molecular formula is C15H22N4OS. The lowest BCUT2D eigenvalue weighted by molar-refractivity contribution is 0.415. The maximum Gasteiger partial charge on any atom is 0.184 e. The van der Waals surface area contributed by atoms with Crippen LogP contribution in [-0.4, -0.2) is 43.5 Å². The average molecular weight is 306 g/mol. The number of methoxy groups -OCH3 is 1. The third-order valence-electron chi connectivity index (χ3n) is 2.71. The molecule has 1 rings (SSSR count). The molecule has 0 aliphatic rings. The van der Waals surface area contributed by atoms with Gasteiger partial charge >= 0.3 is 0 Å². The van der Waals surface area contributed by atoms with Crippen molar-refractivity contribution in [3.8, 4) is 5.75 Å². The highest BCUT2D eigenvalue weighted by molar-refractivity contribution is 7.80. The Hall–Kier alpha value is -1.92. The van der Waals surface area contributed by atoms with E-state index in [4.69, 9.17) is 22.7 Å². The molecule has 0 amide bonds. The third kappa shape index (κ3) is 7.43. The van der Waals surface area contributed by atoms with E-state index in [1.165, 1.54) is 0 Å². The van der Waals surface area contributed by atoms with Crippen LogP contribution in [0.25, 0.3) is 6.08 Å². The van der Waals surface area contributed by atoms with Crippen molar-refractivity contribution in [2.45, 2.75) is 6.42 Å². The largest absolute Gasteiger partial charge is 0.497 e. The molecule has 5 nitrogen and oxygen atoms in total. The Morgan fingerprint density at radius 2 is 2.05 bits per heavy atom. The van der Waals surface area contributed by atoms with Crippen LogP contribution < -0.4 is 15.9 Å². The second-order valence-electron chi connectivity index (χ2n) is 4.74. The fourth-order valence-corrected chi connectivity index (χ4v) is 1.59. The van der Waals surface area contributed by atoms with Gasteiger partial charge in [0.15, 0.2) is 5.11 Å². The summed E-state index contributed by atoms with van der Waals surface area (Å²) in [5.41, 5.74) is 9.99. The molecule has 114 valence electrons. The number of thiocarbonyl (C=S) groups is 1. The second kappa shape index (κ2) is 9.10. The van der Waals surface area contributed by atoms with E-state index in [9.17, 15) is 0 Å². The highest BCUT2D eigenvalue weighted by atomic mass is 32.1. The van der Waals surface area contributed by atoms with Gasteiger partial charge in [0.05, 0.1) is 12.8 Å². The summed E-state index contributed by atoms with van der Waals surface area (Å²) in [6.07, 6.45) is 4.75. The zero-order valence-corrected chi connectivity index (χ0v) is 13.5. The van der Waals surface area contributed by atoms with Crippen molar-refractivity contribution < 1.29 is 4.74 Å². The van der Waals surface area contributed by atoms with Crippen LogP contribution in [0.5, 0.6) is 5.75 Å². The molecule has 0 radical (unpaired) electrons. The lowest BCUT2D eigenvalue weighted by Gasteiger charge is -2.09. The summed E-state index contributed by atoms with van der Waals surface area (Å²) in [5.74, 6) is 0.837. The first-order valence-electron chi connectivity index (χ1n) is 6.60. The molecule has 0 saturated carbocycles. The van der Waals surface area contributed by atoms with Crippen molar-refractivity contribution in [2.75, 3.05) is 27.7 Å². The summed E-state index contributed by atoms with van der Waals surface area (Å²) in [4.78, 5) is 2.09. The van der Waals surface area contributed by atoms with Crippen molar-refractivity contribution in [1.82, 2.24) is 10.3 Å². The van der Waals surface area contributed by atoms with E-state index < -0.39 is 0 Å². The van der Waals surface area contributed by atoms with Crippen LogP contribution in [0.4, 0.5) is 0 Å². The number of ether oxygens (including phenoxy) is 1. The molecule has 0 bridgehead atoms. The molecule has 0 aliphatic carbocycles. The van der Waals surface area contributed by atoms with E-state index in [-0.39, 0.29) is 5.11 Å². The van der Waals surface area contributed by atoms with E-state index in [0.717, 1.165) is 30.0 Å². The van der Waals surface area contributed by atoms with Gasteiger partial charge in [0.1, 0.15) is 5.75 Å². The predicted molar refractivity (Wildman–Crippen MR) is 92.6 cm³/mol. The summed E-state index contributed by atoms with van der Waals surface area (Å²) in [6.45, 7) is 0.894. The van der Waals surface area contributed by atoms with E-state index in [2.05, 4.69) is 15.4 Å². The first-order valence-corrected chi connectivity index (χ1v) is 7.01. The van der Waals surface area contributed by atoms with E-state index in [1.807, 2.05) is 50.5 Å². The number of nitrogens with zero attached hydrogens (tertiary/aromatic N) is 2. The molecule has 6 heteroatoms. The molecule has 0 aromatic heterocycles. The number of hydrogen-bond acceptors (Lipinski definition) is 4. The molecule has 1 aromatic rings. The topological polar surface area (TPSA) is 62.9 Å². The first kappa shape index (κ1) is 17.1. The molecule has 0 unspecified atom stereocenters. The van der Waals surface area contributed by atoms with Gasteiger partial charge in [-0.15, -0.1) is 0 Å². The summed E-state index contributed by atoms with van der Waals surface area (Å²) < 4.78 is 5.13. The second-order valence-corrected chi connectivity index (χ2v) is 5.18. The van der Waals surface area contributed by atoms with Crippen molar-refractivity contribution in [3.05, 3.63) is 35.9 Å².